The van der Waals surface area contributed by atoms with Crippen molar-refractivity contribution < 1.29 is 35.8 Å². The molecule has 0 spiro atoms. The zero-order valence-corrected chi connectivity index (χ0v) is 5.09. The lowest BCUT2D eigenvalue weighted by Gasteiger charge is -2.25. The Bertz CT molecular complexity index is 159. The van der Waals surface area contributed by atoms with E-state index >= 15 is 0 Å². The summed E-state index contributed by atoms with van der Waals surface area (Å²) in [5.74, 6) is -12.0. The monoisotopic (exact) mass is 198 g/mol. The zero-order chi connectivity index (χ0) is 10.2. The molecule has 0 aliphatic carbocycles. The third-order valence-electron chi connectivity index (χ3n) is 0.891. The summed E-state index contributed by atoms with van der Waals surface area (Å²) in [6.45, 7) is -0.415. The summed E-state index contributed by atoms with van der Waals surface area (Å²) in [5.41, 5.74) is 0. The molecular formula is C4HF7O. The number of halogens is 7. The summed E-state index contributed by atoms with van der Waals surface area (Å²) in [4.78, 5) is 0. The number of hydrogen-bond donors (Lipinski definition) is 1. The third kappa shape index (κ3) is 1.62. The van der Waals surface area contributed by atoms with Crippen molar-refractivity contribution in [1.82, 2.24) is 0 Å². The van der Waals surface area contributed by atoms with E-state index in [-0.39, 0.29) is 0 Å². The second-order valence-electron chi connectivity index (χ2n) is 1.76. The molecule has 0 aromatic rings. The highest BCUT2D eigenvalue weighted by atomic mass is 19.4. The fourth-order valence-electron chi connectivity index (χ4n) is 0.248. The maximum absolute atomic E-state index is 11.6. The molecule has 0 saturated heterocycles. The van der Waals surface area contributed by atoms with Crippen LogP contribution in [0.3, 0.4) is 0 Å². The van der Waals surface area contributed by atoms with Gasteiger partial charge in [-0.15, -0.1) is 0 Å². The Hall–Kier alpha value is -0.530. The molecule has 1 nitrogen and oxygen atoms in total. The number of alkyl halides is 7. The molecule has 0 aliphatic rings. The minimum Gasteiger partial charge on any atom is -0.378 e. The number of hydrogen-bond acceptors (Lipinski definition) is 1. The van der Waals surface area contributed by atoms with Gasteiger partial charge in [-0.25, -0.2) is 0 Å². The number of rotatable bonds is 2. The van der Waals surface area contributed by atoms with Crippen molar-refractivity contribution in [3.63, 3.8) is 0 Å². The highest BCUT2D eigenvalue weighted by Gasteiger charge is 2.73. The molecule has 2 radical (unpaired) electrons. The van der Waals surface area contributed by atoms with Gasteiger partial charge in [-0.3, -0.25) is 0 Å². The van der Waals surface area contributed by atoms with Crippen molar-refractivity contribution in [2.45, 2.75) is 18.0 Å². The Morgan fingerprint density at radius 2 is 1.17 bits per heavy atom. The summed E-state index contributed by atoms with van der Waals surface area (Å²) in [5, 5.41) is 7.31. The van der Waals surface area contributed by atoms with Crippen LogP contribution in [0.1, 0.15) is 0 Å². The van der Waals surface area contributed by atoms with Crippen molar-refractivity contribution >= 4 is 0 Å². The van der Waals surface area contributed by atoms with Crippen molar-refractivity contribution in [3.8, 4) is 0 Å². The lowest BCUT2D eigenvalue weighted by molar-refractivity contribution is -0.351. The van der Waals surface area contributed by atoms with E-state index in [1.807, 2.05) is 0 Å². The van der Waals surface area contributed by atoms with E-state index in [0.29, 0.717) is 0 Å². The largest absolute Gasteiger partial charge is 0.459 e. The summed E-state index contributed by atoms with van der Waals surface area (Å²) >= 11 is 0. The van der Waals surface area contributed by atoms with Gasteiger partial charge in [0.05, 0.1) is 0 Å². The van der Waals surface area contributed by atoms with Crippen LogP contribution in [0.25, 0.3) is 0 Å². The second-order valence-corrected chi connectivity index (χ2v) is 1.76. The first-order chi connectivity index (χ1) is 5.06. The molecule has 0 unspecified atom stereocenters. The zero-order valence-electron chi connectivity index (χ0n) is 5.09. The van der Waals surface area contributed by atoms with Crippen LogP contribution >= 0.6 is 0 Å². The first-order valence-corrected chi connectivity index (χ1v) is 2.30. The van der Waals surface area contributed by atoms with Crippen molar-refractivity contribution in [2.24, 2.45) is 0 Å². The highest BCUT2D eigenvalue weighted by molar-refractivity contribution is 4.95. The Morgan fingerprint density at radius 1 is 0.833 bits per heavy atom. The summed E-state index contributed by atoms with van der Waals surface area (Å²) in [6.07, 6.45) is -6.42. The maximum Gasteiger partial charge on any atom is 0.459 e. The van der Waals surface area contributed by atoms with E-state index in [9.17, 15) is 30.7 Å². The summed E-state index contributed by atoms with van der Waals surface area (Å²) < 4.78 is 79.8. The molecule has 0 atom stereocenters. The molecule has 0 aromatic heterocycles. The molecule has 0 rings (SSSR count). The van der Waals surface area contributed by atoms with Crippen molar-refractivity contribution in [2.75, 3.05) is 0 Å². The highest BCUT2D eigenvalue weighted by Crippen LogP contribution is 2.47. The van der Waals surface area contributed by atoms with Crippen LogP contribution in [-0.2, 0) is 0 Å². The van der Waals surface area contributed by atoms with Gasteiger partial charge in [0.2, 0.25) is 6.61 Å². The lowest BCUT2D eigenvalue weighted by Crippen LogP contribution is -2.52. The molecular weight excluding hydrogens is 197 g/mol. The first kappa shape index (κ1) is 11.5. The molecule has 0 aliphatic heterocycles. The van der Waals surface area contributed by atoms with Crippen molar-refractivity contribution in [1.29, 1.82) is 0 Å². The van der Waals surface area contributed by atoms with E-state index in [0.717, 1.165) is 0 Å². The van der Waals surface area contributed by atoms with Gasteiger partial charge >= 0.3 is 18.0 Å². The van der Waals surface area contributed by atoms with Gasteiger partial charge in [0.1, 0.15) is 0 Å². The van der Waals surface area contributed by atoms with Gasteiger partial charge in [0.15, 0.2) is 0 Å². The molecule has 1 N–H and O–H groups in total. The number of aliphatic hydroxyl groups is 1. The maximum atomic E-state index is 11.6. The van der Waals surface area contributed by atoms with E-state index < -0.39 is 24.6 Å². The molecule has 0 bridgehead atoms. The Balaban J connectivity index is 4.85. The third-order valence-corrected chi connectivity index (χ3v) is 0.891. The van der Waals surface area contributed by atoms with Gasteiger partial charge in [-0.05, 0) is 0 Å². The Labute approximate surface area is 61.8 Å². The average Bonchev–Trinajstić information content (AvgIpc) is 1.85. The van der Waals surface area contributed by atoms with Crippen LogP contribution < -0.4 is 0 Å². The number of aliphatic hydroxyl groups excluding tert-OH is 1. The molecule has 12 heavy (non-hydrogen) atoms. The smallest absolute Gasteiger partial charge is 0.378 e. The van der Waals surface area contributed by atoms with Crippen molar-refractivity contribution in [3.05, 3.63) is 6.61 Å². The van der Waals surface area contributed by atoms with Crippen LogP contribution in [0.15, 0.2) is 0 Å². The van der Waals surface area contributed by atoms with Gasteiger partial charge < -0.3 is 5.11 Å². The molecule has 0 fully saturated rings. The average molecular weight is 198 g/mol. The topological polar surface area (TPSA) is 20.2 Å². The van der Waals surface area contributed by atoms with E-state index in [1.54, 1.807) is 0 Å². The van der Waals surface area contributed by atoms with Crippen LogP contribution in [-0.4, -0.2) is 23.1 Å². The minimum atomic E-state index is -6.42. The molecule has 8 heteroatoms. The summed E-state index contributed by atoms with van der Waals surface area (Å²) in [6, 6.07) is 0. The molecule has 0 amide bonds. The summed E-state index contributed by atoms with van der Waals surface area (Å²) in [7, 11) is 0. The molecule has 0 saturated carbocycles. The van der Waals surface area contributed by atoms with Crippen LogP contribution in [0, 0.1) is 6.61 Å². The van der Waals surface area contributed by atoms with Gasteiger partial charge in [-0.2, -0.15) is 30.7 Å². The minimum absolute atomic E-state index is 0.415. The Kier molecular flexibility index (Phi) is 2.63. The molecule has 0 heterocycles. The second kappa shape index (κ2) is 2.75. The fourth-order valence-corrected chi connectivity index (χ4v) is 0.248. The van der Waals surface area contributed by atoms with Gasteiger partial charge in [0, 0.05) is 0 Å². The van der Waals surface area contributed by atoms with E-state index in [1.165, 1.54) is 0 Å². The van der Waals surface area contributed by atoms with Gasteiger partial charge in [-0.1, -0.05) is 0 Å². The normalized spacial score (nSPS) is 15.0. The standard InChI is InChI=1S/C4HF7O/c5-2(6,1-12)3(7,8)4(9,10)11/h12H. The Morgan fingerprint density at radius 3 is 1.25 bits per heavy atom. The molecule has 72 valence electrons. The lowest BCUT2D eigenvalue weighted by atomic mass is 10.2. The molecule has 0 aromatic carbocycles. The predicted octanol–water partition coefficient (Wildman–Crippen LogP) is 2.23. The SMILES string of the molecule is O[C]C(F)(F)C(F)(F)C(F)(F)F. The first-order valence-electron chi connectivity index (χ1n) is 2.30. The quantitative estimate of drug-likeness (QED) is 0.674. The van der Waals surface area contributed by atoms with E-state index in [2.05, 4.69) is 0 Å². The van der Waals surface area contributed by atoms with Crippen LogP contribution in [0.4, 0.5) is 30.7 Å². The van der Waals surface area contributed by atoms with Gasteiger partial charge in [0.25, 0.3) is 0 Å². The van der Waals surface area contributed by atoms with Crippen LogP contribution in [0.5, 0.6) is 0 Å². The van der Waals surface area contributed by atoms with E-state index in [4.69, 9.17) is 5.11 Å². The predicted molar refractivity (Wildman–Crippen MR) is 21.1 cm³/mol. The van der Waals surface area contributed by atoms with Crippen LogP contribution in [0.2, 0.25) is 0 Å². The fraction of sp³-hybridized carbons (Fsp3) is 0.750.